The molecular formula is C24H23ClN2O2. The van der Waals surface area contributed by atoms with Gasteiger partial charge in [-0.15, -0.1) is 0 Å². The molecule has 5 heteroatoms. The van der Waals surface area contributed by atoms with Crippen molar-refractivity contribution in [2.75, 3.05) is 5.32 Å². The predicted molar refractivity (Wildman–Crippen MR) is 120 cm³/mol. The summed E-state index contributed by atoms with van der Waals surface area (Å²) in [6.07, 6.45) is 1.64. The molecule has 3 aromatic rings. The van der Waals surface area contributed by atoms with Gasteiger partial charge in [0.15, 0.2) is 0 Å². The summed E-state index contributed by atoms with van der Waals surface area (Å²) in [7, 11) is 0. The molecule has 3 rings (SSSR count). The third-order valence-electron chi connectivity index (χ3n) is 4.36. The van der Waals surface area contributed by atoms with Gasteiger partial charge in [-0.05, 0) is 46.7 Å². The normalized spacial score (nSPS) is 11.9. The number of benzene rings is 3. The highest BCUT2D eigenvalue weighted by atomic mass is 35.5. The van der Waals surface area contributed by atoms with Crippen LogP contribution >= 0.6 is 11.6 Å². The maximum absolute atomic E-state index is 13.0. The Hall–Kier alpha value is -3.11. The van der Waals surface area contributed by atoms with Crippen LogP contribution in [-0.4, -0.2) is 11.8 Å². The quantitative estimate of drug-likeness (QED) is 0.551. The van der Waals surface area contributed by atoms with Gasteiger partial charge in [-0.3, -0.25) is 9.59 Å². The van der Waals surface area contributed by atoms with E-state index in [-0.39, 0.29) is 11.6 Å². The molecule has 3 aromatic carbocycles. The van der Waals surface area contributed by atoms with Crippen LogP contribution in [0.3, 0.4) is 0 Å². The van der Waals surface area contributed by atoms with E-state index < -0.39 is 11.3 Å². The lowest BCUT2D eigenvalue weighted by molar-refractivity contribution is -0.128. The molecule has 0 aliphatic carbocycles. The molecule has 0 saturated heterocycles. The number of hydrogen-bond acceptors (Lipinski definition) is 2. The van der Waals surface area contributed by atoms with Gasteiger partial charge in [0.2, 0.25) is 5.91 Å². The molecule has 0 heterocycles. The van der Waals surface area contributed by atoms with E-state index in [0.717, 1.165) is 16.3 Å². The molecule has 0 spiro atoms. The minimum absolute atomic E-state index is 0.167. The van der Waals surface area contributed by atoms with Gasteiger partial charge in [0, 0.05) is 16.1 Å². The van der Waals surface area contributed by atoms with Crippen LogP contribution in [0.25, 0.3) is 16.8 Å². The van der Waals surface area contributed by atoms with Crippen LogP contribution in [0.2, 0.25) is 5.02 Å². The Morgan fingerprint density at radius 3 is 2.21 bits per heavy atom. The number of hydrogen-bond donors (Lipinski definition) is 2. The van der Waals surface area contributed by atoms with Gasteiger partial charge in [0.05, 0.1) is 0 Å². The van der Waals surface area contributed by atoms with Crippen molar-refractivity contribution < 1.29 is 9.59 Å². The zero-order valence-electron chi connectivity index (χ0n) is 16.6. The van der Waals surface area contributed by atoms with Crippen LogP contribution in [0.1, 0.15) is 26.3 Å². The Morgan fingerprint density at radius 1 is 0.897 bits per heavy atom. The van der Waals surface area contributed by atoms with Gasteiger partial charge in [-0.2, -0.15) is 0 Å². The summed E-state index contributed by atoms with van der Waals surface area (Å²) in [4.78, 5) is 25.5. The number of nitrogens with one attached hydrogen (secondary N) is 2. The molecular weight excluding hydrogens is 384 g/mol. The lowest BCUT2D eigenvalue weighted by Crippen LogP contribution is -2.38. The van der Waals surface area contributed by atoms with E-state index in [2.05, 4.69) is 10.6 Å². The SMILES string of the molecule is CC(C)(C)C(=O)N/C(=C/c1ccc(Cl)cc1)C(=O)Nc1ccc2ccccc2c1. The first-order valence-corrected chi connectivity index (χ1v) is 9.69. The molecule has 0 atom stereocenters. The Labute approximate surface area is 175 Å². The van der Waals surface area contributed by atoms with E-state index >= 15 is 0 Å². The maximum atomic E-state index is 13.0. The molecule has 0 fully saturated rings. The van der Waals surface area contributed by atoms with E-state index in [1.807, 2.05) is 42.5 Å². The van der Waals surface area contributed by atoms with E-state index in [0.29, 0.717) is 10.7 Å². The average molecular weight is 407 g/mol. The van der Waals surface area contributed by atoms with E-state index in [4.69, 9.17) is 11.6 Å². The molecule has 0 unspecified atom stereocenters. The third-order valence-corrected chi connectivity index (χ3v) is 4.61. The summed E-state index contributed by atoms with van der Waals surface area (Å²) in [6.45, 7) is 5.39. The highest BCUT2D eigenvalue weighted by Gasteiger charge is 2.24. The number of fused-ring (bicyclic) bond motifs is 1. The molecule has 0 aliphatic rings. The first-order chi connectivity index (χ1) is 13.7. The maximum Gasteiger partial charge on any atom is 0.272 e. The van der Waals surface area contributed by atoms with E-state index in [9.17, 15) is 9.59 Å². The summed E-state index contributed by atoms with van der Waals surface area (Å²) in [5, 5.41) is 8.34. The number of amides is 2. The van der Waals surface area contributed by atoms with Crippen molar-refractivity contribution >= 4 is 46.0 Å². The van der Waals surface area contributed by atoms with Crippen LogP contribution in [-0.2, 0) is 9.59 Å². The smallest absolute Gasteiger partial charge is 0.272 e. The molecule has 0 aromatic heterocycles. The van der Waals surface area contributed by atoms with Gasteiger partial charge in [0.25, 0.3) is 5.91 Å². The van der Waals surface area contributed by atoms with Gasteiger partial charge < -0.3 is 10.6 Å². The average Bonchev–Trinajstić information content (AvgIpc) is 2.68. The fraction of sp³-hybridized carbons (Fsp3) is 0.167. The van der Waals surface area contributed by atoms with Crippen LogP contribution in [0.4, 0.5) is 5.69 Å². The minimum atomic E-state index is -0.637. The zero-order chi connectivity index (χ0) is 21.0. The summed E-state index contributed by atoms with van der Waals surface area (Å²) < 4.78 is 0. The van der Waals surface area contributed by atoms with Crippen LogP contribution in [0, 0.1) is 5.41 Å². The van der Waals surface area contributed by atoms with Gasteiger partial charge in [-0.25, -0.2) is 0 Å². The predicted octanol–water partition coefficient (Wildman–Crippen LogP) is 5.64. The molecule has 0 saturated carbocycles. The van der Waals surface area contributed by atoms with Crippen molar-refractivity contribution in [3.63, 3.8) is 0 Å². The Bertz CT molecular complexity index is 1080. The van der Waals surface area contributed by atoms with Crippen molar-refractivity contribution in [2.24, 2.45) is 5.41 Å². The minimum Gasteiger partial charge on any atom is -0.321 e. The number of carbonyl (C=O) groups excluding carboxylic acids is 2. The Morgan fingerprint density at radius 2 is 1.55 bits per heavy atom. The van der Waals surface area contributed by atoms with Crippen LogP contribution in [0.5, 0.6) is 0 Å². The van der Waals surface area contributed by atoms with Gasteiger partial charge >= 0.3 is 0 Å². The molecule has 2 N–H and O–H groups in total. The topological polar surface area (TPSA) is 58.2 Å². The van der Waals surface area contributed by atoms with Crippen LogP contribution in [0.15, 0.2) is 72.4 Å². The Balaban J connectivity index is 1.89. The Kier molecular flexibility index (Phi) is 6.04. The highest BCUT2D eigenvalue weighted by Crippen LogP contribution is 2.20. The molecule has 148 valence electrons. The number of carbonyl (C=O) groups is 2. The van der Waals surface area contributed by atoms with Gasteiger partial charge in [0.1, 0.15) is 5.70 Å². The van der Waals surface area contributed by atoms with E-state index in [1.165, 1.54) is 0 Å². The number of halogens is 1. The second-order valence-corrected chi connectivity index (χ2v) is 8.27. The van der Waals surface area contributed by atoms with Crippen molar-refractivity contribution in [3.05, 3.63) is 83.0 Å². The summed E-state index contributed by atoms with van der Waals surface area (Å²) >= 11 is 5.94. The zero-order valence-corrected chi connectivity index (χ0v) is 17.4. The fourth-order valence-electron chi connectivity index (χ4n) is 2.66. The second kappa shape index (κ2) is 8.50. The number of anilines is 1. The van der Waals surface area contributed by atoms with Crippen LogP contribution < -0.4 is 10.6 Å². The molecule has 4 nitrogen and oxygen atoms in total. The van der Waals surface area contributed by atoms with Gasteiger partial charge in [-0.1, -0.05) is 74.8 Å². The highest BCUT2D eigenvalue weighted by molar-refractivity contribution is 6.30. The number of rotatable bonds is 4. The van der Waals surface area contributed by atoms with Crippen molar-refractivity contribution in [3.8, 4) is 0 Å². The molecule has 2 amide bonds. The van der Waals surface area contributed by atoms with E-state index in [1.54, 1.807) is 51.1 Å². The lowest BCUT2D eigenvalue weighted by atomic mass is 9.95. The summed E-state index contributed by atoms with van der Waals surface area (Å²) in [5.41, 5.74) is 0.941. The largest absolute Gasteiger partial charge is 0.321 e. The monoisotopic (exact) mass is 406 g/mol. The summed E-state index contributed by atoms with van der Waals surface area (Å²) in [6, 6.07) is 20.6. The third kappa shape index (κ3) is 5.46. The first kappa shape index (κ1) is 20.6. The lowest BCUT2D eigenvalue weighted by Gasteiger charge is -2.19. The van der Waals surface area contributed by atoms with Crippen molar-refractivity contribution in [1.29, 1.82) is 0 Å². The molecule has 0 bridgehead atoms. The molecule has 0 aliphatic heterocycles. The fourth-order valence-corrected chi connectivity index (χ4v) is 2.79. The first-order valence-electron chi connectivity index (χ1n) is 9.31. The standard InChI is InChI=1S/C24H23ClN2O2/c1-24(2,3)23(29)27-21(14-16-8-11-19(25)12-9-16)22(28)26-20-13-10-17-6-4-5-7-18(17)15-20/h4-15H,1-3H3,(H,26,28)(H,27,29)/b21-14+. The molecule has 29 heavy (non-hydrogen) atoms. The second-order valence-electron chi connectivity index (χ2n) is 7.83. The van der Waals surface area contributed by atoms with Crippen molar-refractivity contribution in [1.82, 2.24) is 5.32 Å². The van der Waals surface area contributed by atoms with Crippen molar-refractivity contribution in [2.45, 2.75) is 20.8 Å². The summed E-state index contributed by atoms with van der Waals surface area (Å²) in [5.74, 6) is -0.640. The molecule has 0 radical (unpaired) electrons.